The lowest BCUT2D eigenvalue weighted by Crippen LogP contribution is -2.32. The van der Waals surface area contributed by atoms with E-state index in [0.29, 0.717) is 6.42 Å². The summed E-state index contributed by atoms with van der Waals surface area (Å²) in [4.78, 5) is 10.9. The zero-order valence-electron chi connectivity index (χ0n) is 19.6. The molecule has 166 valence electrons. The number of hydrogen-bond donors (Lipinski definition) is 1. The van der Waals surface area contributed by atoms with Crippen molar-refractivity contribution in [3.63, 3.8) is 0 Å². The molecule has 0 saturated carbocycles. The van der Waals surface area contributed by atoms with Crippen molar-refractivity contribution in [2.75, 3.05) is 36.2 Å². The van der Waals surface area contributed by atoms with E-state index < -0.39 is 7.26 Å². The normalized spacial score (nSPS) is 13.8. The van der Waals surface area contributed by atoms with Gasteiger partial charge in [0, 0.05) is 20.2 Å². The second-order valence-electron chi connectivity index (χ2n) is 8.42. The highest BCUT2D eigenvalue weighted by atomic mass is 31.2. The average Bonchev–Trinajstić information content (AvgIpc) is 3.20. The Morgan fingerprint density at radius 3 is 1.59 bits per heavy atom. The van der Waals surface area contributed by atoms with Crippen LogP contribution in [0.3, 0.4) is 0 Å². The largest absolute Gasteiger partial charge is 0.285 e. The van der Waals surface area contributed by atoms with Gasteiger partial charge in [-0.2, -0.15) is 0 Å². The van der Waals surface area contributed by atoms with Crippen LogP contribution in [-0.2, 0) is 4.79 Å². The molecule has 1 amide bonds. The summed E-state index contributed by atoms with van der Waals surface area (Å²) in [6.07, 6.45) is 18.5. The van der Waals surface area contributed by atoms with Gasteiger partial charge in [-0.25, -0.2) is 0 Å². The summed E-state index contributed by atoms with van der Waals surface area (Å²) in [5, 5.41) is 1.86. The van der Waals surface area contributed by atoms with Crippen molar-refractivity contribution in [2.45, 2.75) is 85.5 Å². The number of para-hydroxylation sites is 1. The molecule has 3 nitrogen and oxygen atoms in total. The first-order valence-corrected chi connectivity index (χ1v) is 14.6. The maximum atomic E-state index is 10.9. The van der Waals surface area contributed by atoms with Crippen molar-refractivity contribution in [1.82, 2.24) is 5.43 Å². The van der Waals surface area contributed by atoms with Crippen molar-refractivity contribution < 1.29 is 4.79 Å². The van der Waals surface area contributed by atoms with Crippen LogP contribution in [0, 0.1) is 0 Å². The molecule has 0 radical (unpaired) electrons. The second-order valence-corrected chi connectivity index (χ2v) is 12.9. The molecule has 0 aliphatic carbocycles. The van der Waals surface area contributed by atoms with Crippen LogP contribution in [0.25, 0.3) is 0 Å². The molecule has 1 aliphatic rings. The molecule has 1 fully saturated rings. The summed E-state index contributed by atoms with van der Waals surface area (Å²) in [6, 6.07) is 9.83. The summed E-state index contributed by atoms with van der Waals surface area (Å²) >= 11 is 0. The van der Waals surface area contributed by atoms with Gasteiger partial charge >= 0.3 is 0 Å². The molecular weight excluding hydrogens is 375 g/mol. The Hall–Kier alpha value is -1.08. The zero-order valence-corrected chi connectivity index (χ0v) is 20.5. The van der Waals surface area contributed by atoms with Gasteiger partial charge in [-0.05, 0) is 37.8 Å². The molecule has 0 spiro atoms. The quantitative estimate of drug-likeness (QED) is 0.344. The molecule has 0 unspecified atom stereocenters. The Morgan fingerprint density at radius 2 is 1.24 bits per heavy atom. The predicted octanol–water partition coefficient (Wildman–Crippen LogP) is 7.13. The molecule has 0 bridgehead atoms. The SMILES string of the molecule is CCCC[P+](CCCC)(CCCC)CCCC.O=C1CCN(c2ccccc2)N1. The van der Waals surface area contributed by atoms with E-state index in [4.69, 9.17) is 0 Å². The minimum Gasteiger partial charge on any atom is -0.285 e. The first-order valence-electron chi connectivity index (χ1n) is 12.1. The number of nitrogens with one attached hydrogen (secondary N) is 1. The van der Waals surface area contributed by atoms with Crippen molar-refractivity contribution in [1.29, 1.82) is 0 Å². The van der Waals surface area contributed by atoms with E-state index in [-0.39, 0.29) is 5.91 Å². The highest BCUT2D eigenvalue weighted by Gasteiger charge is 2.34. The van der Waals surface area contributed by atoms with Crippen LogP contribution in [0.15, 0.2) is 30.3 Å². The monoisotopic (exact) mass is 421 g/mol. The average molecular weight is 422 g/mol. The second kappa shape index (κ2) is 15.7. The topological polar surface area (TPSA) is 32.3 Å². The lowest BCUT2D eigenvalue weighted by atomic mass is 10.3. The van der Waals surface area contributed by atoms with Crippen LogP contribution in [-0.4, -0.2) is 37.1 Å². The van der Waals surface area contributed by atoms with Gasteiger partial charge in [0.05, 0.1) is 30.3 Å². The Morgan fingerprint density at radius 1 is 0.793 bits per heavy atom. The predicted molar refractivity (Wildman–Crippen MR) is 133 cm³/mol. The molecule has 2 rings (SSSR count). The molecule has 0 aromatic heterocycles. The van der Waals surface area contributed by atoms with Crippen molar-refractivity contribution >= 4 is 18.9 Å². The number of carbonyl (C=O) groups excluding carboxylic acids is 1. The highest BCUT2D eigenvalue weighted by Crippen LogP contribution is 2.61. The molecule has 1 N–H and O–H groups in total. The zero-order chi connectivity index (χ0) is 21.4. The number of anilines is 1. The van der Waals surface area contributed by atoms with E-state index in [2.05, 4.69) is 33.1 Å². The maximum absolute atomic E-state index is 10.9. The van der Waals surface area contributed by atoms with Gasteiger partial charge in [0.25, 0.3) is 0 Å². The number of rotatable bonds is 13. The maximum Gasteiger partial charge on any atom is 0.240 e. The van der Waals surface area contributed by atoms with Gasteiger partial charge in [-0.3, -0.25) is 15.2 Å². The molecule has 1 saturated heterocycles. The Bertz CT molecular complexity index is 497. The van der Waals surface area contributed by atoms with Gasteiger partial charge < -0.3 is 0 Å². The summed E-state index contributed by atoms with van der Waals surface area (Å²) < 4.78 is 0. The fourth-order valence-corrected chi connectivity index (χ4v) is 9.21. The third-order valence-corrected chi connectivity index (χ3v) is 10.9. The fraction of sp³-hybridized carbons (Fsp3) is 0.720. The van der Waals surface area contributed by atoms with Crippen LogP contribution < -0.4 is 10.4 Å². The van der Waals surface area contributed by atoms with Crippen molar-refractivity contribution in [3.05, 3.63) is 30.3 Å². The van der Waals surface area contributed by atoms with E-state index in [0.717, 1.165) is 12.2 Å². The number of nitrogens with zero attached hydrogens (tertiary/aromatic N) is 1. The lowest BCUT2D eigenvalue weighted by Gasteiger charge is -2.28. The summed E-state index contributed by atoms with van der Waals surface area (Å²) in [6.45, 7) is 10.2. The van der Waals surface area contributed by atoms with E-state index in [9.17, 15) is 4.79 Å². The molecule has 1 heterocycles. The third-order valence-electron chi connectivity index (χ3n) is 5.83. The number of hydrogen-bond acceptors (Lipinski definition) is 2. The molecule has 1 aliphatic heterocycles. The molecule has 29 heavy (non-hydrogen) atoms. The van der Waals surface area contributed by atoms with Gasteiger partial charge in [-0.1, -0.05) is 71.6 Å². The smallest absolute Gasteiger partial charge is 0.240 e. The minimum atomic E-state index is -0.562. The fourth-order valence-electron chi connectivity index (χ4n) is 3.92. The Balaban J connectivity index is 0.000000304. The van der Waals surface area contributed by atoms with Crippen molar-refractivity contribution in [3.8, 4) is 0 Å². The third kappa shape index (κ3) is 10.5. The van der Waals surface area contributed by atoms with Crippen LogP contribution in [0.4, 0.5) is 5.69 Å². The summed E-state index contributed by atoms with van der Waals surface area (Å²) in [5.41, 5.74) is 3.81. The molecule has 0 atom stereocenters. The first kappa shape index (κ1) is 26.0. The van der Waals surface area contributed by atoms with Crippen LogP contribution >= 0.6 is 7.26 Å². The van der Waals surface area contributed by atoms with Crippen LogP contribution in [0.5, 0.6) is 0 Å². The number of unbranched alkanes of at least 4 members (excludes halogenated alkanes) is 4. The van der Waals surface area contributed by atoms with E-state index in [1.807, 2.05) is 35.3 Å². The van der Waals surface area contributed by atoms with Gasteiger partial charge in [0.1, 0.15) is 0 Å². The van der Waals surface area contributed by atoms with Gasteiger partial charge in [-0.15, -0.1) is 0 Å². The Labute approximate surface area is 181 Å². The standard InChI is InChI=1S/C16H36P.C9H10N2O/c1-5-9-13-17(14-10-6-2,15-11-7-3)16-12-8-4;12-9-6-7-11(10-9)8-4-2-1-3-5-8/h5-16H2,1-4H3;1-5H,6-7H2,(H,10,12)/q+1;. The summed E-state index contributed by atoms with van der Waals surface area (Å²) in [5.74, 6) is 0.0962. The summed E-state index contributed by atoms with van der Waals surface area (Å²) in [7, 11) is -0.562. The number of benzene rings is 1. The number of hydrazine groups is 1. The Kier molecular flexibility index (Phi) is 14.1. The van der Waals surface area contributed by atoms with E-state index in [1.165, 1.54) is 51.4 Å². The van der Waals surface area contributed by atoms with E-state index >= 15 is 0 Å². The van der Waals surface area contributed by atoms with Crippen LogP contribution in [0.2, 0.25) is 0 Å². The lowest BCUT2D eigenvalue weighted by molar-refractivity contribution is -0.119. The van der Waals surface area contributed by atoms with E-state index in [1.54, 1.807) is 24.6 Å². The number of amides is 1. The highest BCUT2D eigenvalue weighted by molar-refractivity contribution is 7.75. The number of carbonyl (C=O) groups is 1. The molecule has 1 aromatic carbocycles. The minimum absolute atomic E-state index is 0.0962. The first-order chi connectivity index (χ1) is 14.1. The van der Waals surface area contributed by atoms with Gasteiger partial charge in [0.2, 0.25) is 5.91 Å². The molecule has 1 aromatic rings. The molecule has 4 heteroatoms. The van der Waals surface area contributed by atoms with Gasteiger partial charge in [0.15, 0.2) is 0 Å². The molecular formula is C25H46N2OP+. The van der Waals surface area contributed by atoms with Crippen LogP contribution in [0.1, 0.15) is 85.5 Å². The van der Waals surface area contributed by atoms with Crippen molar-refractivity contribution in [2.24, 2.45) is 0 Å².